The summed E-state index contributed by atoms with van der Waals surface area (Å²) in [6.45, 7) is 8.33. The molecule has 0 saturated carbocycles. The molecule has 9 heteroatoms. The Kier molecular flexibility index (Phi) is 9.77. The molecule has 0 spiro atoms. The number of cyclic esters (lactones) is 1. The summed E-state index contributed by atoms with van der Waals surface area (Å²) < 4.78 is 11.2. The Hall–Kier alpha value is -3.75. The molecule has 198 valence electrons. The quantitative estimate of drug-likeness (QED) is 0.574. The lowest BCUT2D eigenvalue weighted by atomic mass is 9.94. The van der Waals surface area contributed by atoms with Gasteiger partial charge in [-0.05, 0) is 31.8 Å². The SMILES string of the molecule is CC1=C\CCC(=O)Cc2nc(co2)C(=O)N2CCC=C2C(=O)OC(C(C)C)C(C)/C=C/C(=O)NC\C=C\1. The number of carbonyl (C=O) groups is 4. The van der Waals surface area contributed by atoms with E-state index in [0.717, 1.165) is 5.57 Å². The van der Waals surface area contributed by atoms with Crippen molar-refractivity contribution in [2.75, 3.05) is 13.1 Å². The number of nitrogens with one attached hydrogen (secondary N) is 1. The number of amides is 2. The first-order chi connectivity index (χ1) is 17.7. The van der Waals surface area contributed by atoms with Gasteiger partial charge in [-0.3, -0.25) is 14.4 Å². The number of Topliss-reactive ketones (excluding diaryl/α,β-unsaturated/α-hetero) is 1. The molecule has 3 rings (SSSR count). The second-order valence-electron chi connectivity index (χ2n) is 9.64. The van der Waals surface area contributed by atoms with Gasteiger partial charge in [-0.25, -0.2) is 9.78 Å². The molecule has 0 aromatic carbocycles. The lowest BCUT2D eigenvalue weighted by Crippen LogP contribution is -2.36. The largest absolute Gasteiger partial charge is 0.457 e. The molecule has 2 amide bonds. The molecular formula is C28H35N3O6. The number of allylic oxidation sites excluding steroid dienone is 3. The van der Waals surface area contributed by atoms with Crippen molar-refractivity contribution < 1.29 is 28.3 Å². The minimum atomic E-state index is -0.612. The predicted octanol–water partition coefficient (Wildman–Crippen LogP) is 3.69. The average Bonchev–Trinajstić information content (AvgIpc) is 3.52. The van der Waals surface area contributed by atoms with Gasteiger partial charge in [0.05, 0.1) is 6.42 Å². The maximum atomic E-state index is 13.1. The van der Waals surface area contributed by atoms with Crippen LogP contribution in [-0.4, -0.2) is 52.6 Å². The number of hydrogen-bond donors (Lipinski definition) is 1. The van der Waals surface area contributed by atoms with E-state index < -0.39 is 18.0 Å². The third kappa shape index (κ3) is 7.87. The molecule has 0 aliphatic carbocycles. The fraction of sp³-hybridized carbons (Fsp3) is 0.464. The molecule has 0 saturated heterocycles. The summed E-state index contributed by atoms with van der Waals surface area (Å²) in [5.41, 5.74) is 1.16. The highest BCUT2D eigenvalue weighted by atomic mass is 16.5. The molecule has 2 bridgehead atoms. The standard InChI is InChI=1S/C28H35N3O6/c1-18(2)26-20(4)12-13-24(33)29-14-6-9-19(3)8-5-10-21(32)16-25-30-22(17-36-25)27(34)31-15-7-11-23(31)28(35)37-26/h6,8-9,11-13,17-18,20,26H,5,7,10,14-16H2,1-4H3,(H,29,33)/b9-6+,13-12+,19-8+. The molecule has 9 nitrogen and oxygen atoms in total. The summed E-state index contributed by atoms with van der Waals surface area (Å²) in [7, 11) is 0. The van der Waals surface area contributed by atoms with Gasteiger partial charge in [0.25, 0.3) is 5.91 Å². The van der Waals surface area contributed by atoms with Gasteiger partial charge in [0.1, 0.15) is 23.8 Å². The first-order valence-corrected chi connectivity index (χ1v) is 12.6. The van der Waals surface area contributed by atoms with Gasteiger partial charge in [-0.2, -0.15) is 0 Å². The Balaban J connectivity index is 1.84. The van der Waals surface area contributed by atoms with Crippen LogP contribution in [0.25, 0.3) is 0 Å². The van der Waals surface area contributed by atoms with Crippen LogP contribution in [0.2, 0.25) is 0 Å². The normalized spacial score (nSPS) is 26.0. The van der Waals surface area contributed by atoms with Crippen LogP contribution in [0.5, 0.6) is 0 Å². The molecule has 1 aromatic heterocycles. The lowest BCUT2D eigenvalue weighted by Gasteiger charge is -2.27. The van der Waals surface area contributed by atoms with E-state index in [0.29, 0.717) is 32.4 Å². The van der Waals surface area contributed by atoms with Crippen LogP contribution >= 0.6 is 0 Å². The van der Waals surface area contributed by atoms with Gasteiger partial charge in [0.15, 0.2) is 5.69 Å². The van der Waals surface area contributed by atoms with Crippen LogP contribution in [0.3, 0.4) is 0 Å². The highest BCUT2D eigenvalue weighted by Crippen LogP contribution is 2.24. The van der Waals surface area contributed by atoms with Gasteiger partial charge in [-0.1, -0.05) is 56.7 Å². The van der Waals surface area contributed by atoms with Crippen molar-refractivity contribution in [2.45, 2.75) is 59.5 Å². The molecule has 2 atom stereocenters. The third-order valence-corrected chi connectivity index (χ3v) is 6.19. The number of nitrogens with zero attached hydrogens (tertiary/aromatic N) is 2. The topological polar surface area (TPSA) is 119 Å². The van der Waals surface area contributed by atoms with E-state index in [-0.39, 0.29) is 47.2 Å². The number of hydrogen-bond acceptors (Lipinski definition) is 7. The van der Waals surface area contributed by atoms with Crippen molar-refractivity contribution in [1.82, 2.24) is 15.2 Å². The molecule has 2 aliphatic rings. The monoisotopic (exact) mass is 509 g/mol. The van der Waals surface area contributed by atoms with E-state index in [1.165, 1.54) is 17.2 Å². The van der Waals surface area contributed by atoms with E-state index in [2.05, 4.69) is 10.3 Å². The lowest BCUT2D eigenvalue weighted by molar-refractivity contribution is -0.149. The van der Waals surface area contributed by atoms with Crippen LogP contribution in [0.15, 0.2) is 58.4 Å². The Morgan fingerprint density at radius 2 is 1.89 bits per heavy atom. The number of ketones is 1. The molecule has 2 aliphatic heterocycles. The van der Waals surface area contributed by atoms with Crippen molar-refractivity contribution >= 4 is 23.6 Å². The average molecular weight is 510 g/mol. The number of esters is 1. The maximum absolute atomic E-state index is 13.1. The van der Waals surface area contributed by atoms with Gasteiger partial charge in [0, 0.05) is 25.4 Å². The molecule has 0 fully saturated rings. The van der Waals surface area contributed by atoms with E-state index in [1.807, 2.05) is 45.9 Å². The van der Waals surface area contributed by atoms with E-state index in [9.17, 15) is 19.2 Å². The van der Waals surface area contributed by atoms with Crippen molar-refractivity contribution in [3.63, 3.8) is 0 Å². The predicted molar refractivity (Wildman–Crippen MR) is 137 cm³/mol. The fourth-order valence-electron chi connectivity index (χ4n) is 4.23. The Morgan fingerprint density at radius 1 is 1.11 bits per heavy atom. The Morgan fingerprint density at radius 3 is 2.65 bits per heavy atom. The molecule has 1 aromatic rings. The number of oxazole rings is 1. The summed E-state index contributed by atoms with van der Waals surface area (Å²) in [6.07, 6.45) is 12.5. The van der Waals surface area contributed by atoms with Crippen LogP contribution in [0.4, 0.5) is 0 Å². The van der Waals surface area contributed by atoms with Crippen molar-refractivity contribution in [3.05, 3.63) is 65.6 Å². The summed E-state index contributed by atoms with van der Waals surface area (Å²) in [6, 6.07) is 0. The Bertz CT molecular complexity index is 1140. The van der Waals surface area contributed by atoms with Crippen LogP contribution in [0.1, 0.15) is 63.3 Å². The molecule has 1 N–H and O–H groups in total. The Labute approximate surface area is 217 Å². The number of aromatic nitrogens is 1. The summed E-state index contributed by atoms with van der Waals surface area (Å²) in [4.78, 5) is 56.3. The molecule has 0 radical (unpaired) electrons. The fourth-order valence-corrected chi connectivity index (χ4v) is 4.23. The van der Waals surface area contributed by atoms with Crippen molar-refractivity contribution in [3.8, 4) is 0 Å². The maximum Gasteiger partial charge on any atom is 0.355 e. The first kappa shape index (κ1) is 27.8. The van der Waals surface area contributed by atoms with Gasteiger partial charge < -0.3 is 19.4 Å². The van der Waals surface area contributed by atoms with Crippen LogP contribution in [-0.2, 0) is 25.5 Å². The second-order valence-corrected chi connectivity index (χ2v) is 9.64. The third-order valence-electron chi connectivity index (χ3n) is 6.19. The van der Waals surface area contributed by atoms with Crippen molar-refractivity contribution in [1.29, 1.82) is 0 Å². The number of fused-ring (bicyclic) bond motifs is 3. The van der Waals surface area contributed by atoms with E-state index in [4.69, 9.17) is 9.15 Å². The number of carbonyl (C=O) groups excluding carboxylic acids is 4. The van der Waals surface area contributed by atoms with Gasteiger partial charge in [0.2, 0.25) is 11.8 Å². The summed E-state index contributed by atoms with van der Waals surface area (Å²) >= 11 is 0. The zero-order valence-electron chi connectivity index (χ0n) is 21.9. The van der Waals surface area contributed by atoms with E-state index in [1.54, 1.807) is 12.2 Å². The second kappa shape index (κ2) is 13.0. The zero-order valence-corrected chi connectivity index (χ0v) is 21.9. The van der Waals surface area contributed by atoms with Gasteiger partial charge >= 0.3 is 5.97 Å². The molecule has 3 heterocycles. The molecule has 37 heavy (non-hydrogen) atoms. The molecular weight excluding hydrogens is 474 g/mol. The smallest absolute Gasteiger partial charge is 0.355 e. The molecule has 2 unspecified atom stereocenters. The minimum absolute atomic E-state index is 0.0201. The highest BCUT2D eigenvalue weighted by molar-refractivity contribution is 6.00. The minimum Gasteiger partial charge on any atom is -0.457 e. The number of ether oxygens (including phenoxy) is 1. The summed E-state index contributed by atoms with van der Waals surface area (Å²) in [5.74, 6) is -1.52. The number of rotatable bonds is 1. The summed E-state index contributed by atoms with van der Waals surface area (Å²) in [5, 5.41) is 2.79. The van der Waals surface area contributed by atoms with Crippen LogP contribution < -0.4 is 5.32 Å². The zero-order chi connectivity index (χ0) is 26.9. The highest BCUT2D eigenvalue weighted by Gasteiger charge is 2.33. The first-order valence-electron chi connectivity index (χ1n) is 12.6. The van der Waals surface area contributed by atoms with E-state index >= 15 is 0 Å². The van der Waals surface area contributed by atoms with Crippen molar-refractivity contribution in [2.24, 2.45) is 11.8 Å². The van der Waals surface area contributed by atoms with Crippen LogP contribution in [0, 0.1) is 11.8 Å². The van der Waals surface area contributed by atoms with Gasteiger partial charge in [-0.15, -0.1) is 0 Å².